The van der Waals surface area contributed by atoms with Crippen molar-refractivity contribution in [1.82, 2.24) is 20.4 Å². The predicted molar refractivity (Wildman–Crippen MR) is 86.9 cm³/mol. The van der Waals surface area contributed by atoms with Gasteiger partial charge in [-0.25, -0.2) is 0 Å². The van der Waals surface area contributed by atoms with Crippen molar-refractivity contribution in [2.75, 3.05) is 6.54 Å². The van der Waals surface area contributed by atoms with E-state index in [-0.39, 0.29) is 24.4 Å². The lowest BCUT2D eigenvalue weighted by Gasteiger charge is -2.16. The largest absolute Gasteiger partial charge is 0.353 e. The van der Waals surface area contributed by atoms with E-state index in [0.29, 0.717) is 12.5 Å². The van der Waals surface area contributed by atoms with Crippen LogP contribution < -0.4 is 10.6 Å². The monoisotopic (exact) mass is 314 g/mol. The van der Waals surface area contributed by atoms with E-state index in [1.165, 1.54) is 17.7 Å². The molecule has 0 aromatic carbocycles. The lowest BCUT2D eigenvalue weighted by atomic mass is 10.0. The number of nitrogens with one attached hydrogen (secondary N) is 2. The zero-order valence-corrected chi connectivity index (χ0v) is 14.2. The second-order valence-electron chi connectivity index (χ2n) is 5.94. The van der Waals surface area contributed by atoms with Crippen LogP contribution in [-0.4, -0.2) is 34.3 Å². The number of amides is 1. The normalized spacial score (nSPS) is 19.1. The van der Waals surface area contributed by atoms with Crippen LogP contribution in [0.4, 0.5) is 0 Å². The molecule has 2 heterocycles. The summed E-state index contributed by atoms with van der Waals surface area (Å²) in [6.45, 7) is 7.21. The molecule has 5 nitrogen and oxygen atoms in total. The van der Waals surface area contributed by atoms with Crippen molar-refractivity contribution in [2.24, 2.45) is 7.05 Å². The van der Waals surface area contributed by atoms with Crippen molar-refractivity contribution >= 4 is 18.3 Å². The molecule has 6 heteroatoms. The van der Waals surface area contributed by atoms with Crippen LogP contribution >= 0.6 is 12.4 Å². The van der Waals surface area contributed by atoms with Gasteiger partial charge in [-0.2, -0.15) is 5.10 Å². The fourth-order valence-corrected chi connectivity index (χ4v) is 2.96. The molecule has 120 valence electrons. The molecule has 1 aromatic heterocycles. The summed E-state index contributed by atoms with van der Waals surface area (Å²) in [5.74, 6) is 0.149. The van der Waals surface area contributed by atoms with Crippen molar-refractivity contribution in [3.63, 3.8) is 0 Å². The molecule has 1 fully saturated rings. The zero-order valence-electron chi connectivity index (χ0n) is 13.4. The van der Waals surface area contributed by atoms with Crippen LogP contribution in [0.5, 0.6) is 0 Å². The van der Waals surface area contributed by atoms with Crippen LogP contribution in [0.3, 0.4) is 0 Å². The minimum atomic E-state index is 0. The summed E-state index contributed by atoms with van der Waals surface area (Å²) >= 11 is 0. The third kappa shape index (κ3) is 4.71. The zero-order chi connectivity index (χ0) is 14.7. The minimum Gasteiger partial charge on any atom is -0.353 e. The van der Waals surface area contributed by atoms with Gasteiger partial charge in [-0.05, 0) is 52.1 Å². The number of aryl methyl sites for hydroxylation is 2. The Bertz CT molecular complexity index is 480. The van der Waals surface area contributed by atoms with Gasteiger partial charge in [-0.3, -0.25) is 9.48 Å². The van der Waals surface area contributed by atoms with Crippen molar-refractivity contribution in [3.05, 3.63) is 17.0 Å². The first-order valence-corrected chi connectivity index (χ1v) is 7.49. The molecular formula is C15H27ClN4O. The second-order valence-corrected chi connectivity index (χ2v) is 5.94. The van der Waals surface area contributed by atoms with E-state index in [1.54, 1.807) is 0 Å². The van der Waals surface area contributed by atoms with Crippen LogP contribution in [-0.2, 0) is 18.3 Å². The minimum absolute atomic E-state index is 0. The first-order chi connectivity index (χ1) is 9.47. The van der Waals surface area contributed by atoms with Gasteiger partial charge in [0, 0.05) is 31.2 Å². The Morgan fingerprint density at radius 2 is 2.24 bits per heavy atom. The maximum atomic E-state index is 12.0. The summed E-state index contributed by atoms with van der Waals surface area (Å²) in [4.78, 5) is 12.0. The number of carbonyl (C=O) groups is 1. The maximum absolute atomic E-state index is 12.0. The predicted octanol–water partition coefficient (Wildman–Crippen LogP) is 1.65. The average molecular weight is 315 g/mol. The fourth-order valence-electron chi connectivity index (χ4n) is 2.96. The Morgan fingerprint density at radius 3 is 2.76 bits per heavy atom. The van der Waals surface area contributed by atoms with Gasteiger partial charge in [0.05, 0.1) is 5.69 Å². The first kappa shape index (κ1) is 18.0. The number of nitrogens with zero attached hydrogens (tertiary/aromatic N) is 2. The molecule has 1 amide bonds. The van der Waals surface area contributed by atoms with Gasteiger partial charge in [-0.15, -0.1) is 12.4 Å². The molecule has 0 spiro atoms. The van der Waals surface area contributed by atoms with Crippen LogP contribution in [0.15, 0.2) is 0 Å². The SMILES string of the molecule is Cc1nn(C)c(C)c1CC(C)NC(=O)CC1CCCN1.Cl. The third-order valence-corrected chi connectivity index (χ3v) is 4.17. The molecule has 2 N–H and O–H groups in total. The Balaban J connectivity index is 0.00000220. The number of carbonyl (C=O) groups excluding carboxylic acids is 1. The lowest BCUT2D eigenvalue weighted by Crippen LogP contribution is -2.38. The van der Waals surface area contributed by atoms with Crippen molar-refractivity contribution in [3.8, 4) is 0 Å². The lowest BCUT2D eigenvalue weighted by molar-refractivity contribution is -0.122. The van der Waals surface area contributed by atoms with Gasteiger partial charge >= 0.3 is 0 Å². The summed E-state index contributed by atoms with van der Waals surface area (Å²) in [6, 6.07) is 0.509. The molecule has 0 saturated carbocycles. The highest BCUT2D eigenvalue weighted by molar-refractivity contribution is 5.85. The van der Waals surface area contributed by atoms with E-state index in [9.17, 15) is 4.79 Å². The summed E-state index contributed by atoms with van der Waals surface area (Å²) in [5, 5.41) is 10.9. The standard InChI is InChI=1S/C15H26N4O.ClH/c1-10(8-14-11(2)18-19(4)12(14)3)17-15(20)9-13-6-5-7-16-13;/h10,13,16H,5-9H2,1-4H3,(H,17,20);1H. The number of aromatic nitrogens is 2. The van der Waals surface area contributed by atoms with E-state index in [4.69, 9.17) is 0 Å². The average Bonchev–Trinajstić information content (AvgIpc) is 2.94. The highest BCUT2D eigenvalue weighted by atomic mass is 35.5. The van der Waals surface area contributed by atoms with E-state index in [2.05, 4.69) is 29.6 Å². The Kier molecular flexibility index (Phi) is 6.68. The molecular weight excluding hydrogens is 288 g/mol. The number of halogens is 1. The van der Waals surface area contributed by atoms with Crippen molar-refractivity contribution < 1.29 is 4.79 Å². The van der Waals surface area contributed by atoms with Gasteiger partial charge in [0.2, 0.25) is 5.91 Å². The van der Waals surface area contributed by atoms with Crippen LogP contribution in [0.2, 0.25) is 0 Å². The number of rotatable bonds is 5. The molecule has 0 radical (unpaired) electrons. The molecule has 21 heavy (non-hydrogen) atoms. The molecule has 0 aliphatic carbocycles. The van der Waals surface area contributed by atoms with E-state index < -0.39 is 0 Å². The van der Waals surface area contributed by atoms with Gasteiger partial charge in [0.1, 0.15) is 0 Å². The van der Waals surface area contributed by atoms with E-state index in [0.717, 1.165) is 25.1 Å². The third-order valence-electron chi connectivity index (χ3n) is 4.17. The second kappa shape index (κ2) is 7.80. The fraction of sp³-hybridized carbons (Fsp3) is 0.733. The Labute approximate surface area is 133 Å². The van der Waals surface area contributed by atoms with Gasteiger partial charge < -0.3 is 10.6 Å². The highest BCUT2D eigenvalue weighted by Crippen LogP contribution is 2.14. The summed E-state index contributed by atoms with van der Waals surface area (Å²) in [6.07, 6.45) is 3.73. The Morgan fingerprint density at radius 1 is 1.52 bits per heavy atom. The number of hydrogen-bond acceptors (Lipinski definition) is 3. The molecule has 1 aliphatic heterocycles. The van der Waals surface area contributed by atoms with Gasteiger partial charge in [0.25, 0.3) is 0 Å². The van der Waals surface area contributed by atoms with Gasteiger partial charge in [-0.1, -0.05) is 0 Å². The van der Waals surface area contributed by atoms with Crippen molar-refractivity contribution in [2.45, 2.75) is 58.5 Å². The molecule has 2 rings (SSSR count). The molecule has 1 saturated heterocycles. The van der Waals surface area contributed by atoms with Crippen LogP contribution in [0, 0.1) is 13.8 Å². The van der Waals surface area contributed by atoms with E-state index in [1.807, 2.05) is 18.7 Å². The number of hydrogen-bond donors (Lipinski definition) is 2. The summed E-state index contributed by atoms with van der Waals surface area (Å²) < 4.78 is 1.90. The summed E-state index contributed by atoms with van der Waals surface area (Å²) in [5.41, 5.74) is 3.49. The van der Waals surface area contributed by atoms with Gasteiger partial charge in [0.15, 0.2) is 0 Å². The van der Waals surface area contributed by atoms with Crippen LogP contribution in [0.1, 0.15) is 43.1 Å². The van der Waals surface area contributed by atoms with Crippen molar-refractivity contribution in [1.29, 1.82) is 0 Å². The maximum Gasteiger partial charge on any atom is 0.221 e. The topological polar surface area (TPSA) is 59.0 Å². The summed E-state index contributed by atoms with van der Waals surface area (Å²) in [7, 11) is 1.96. The first-order valence-electron chi connectivity index (χ1n) is 7.49. The molecule has 1 aromatic rings. The molecule has 2 unspecified atom stereocenters. The van der Waals surface area contributed by atoms with Crippen LogP contribution in [0.25, 0.3) is 0 Å². The molecule has 0 bridgehead atoms. The van der Waals surface area contributed by atoms with E-state index >= 15 is 0 Å². The molecule has 2 atom stereocenters. The Hall–Kier alpha value is -1.07. The quantitative estimate of drug-likeness (QED) is 0.869. The smallest absolute Gasteiger partial charge is 0.221 e. The molecule has 1 aliphatic rings. The highest BCUT2D eigenvalue weighted by Gasteiger charge is 2.19.